The topological polar surface area (TPSA) is 9.23 Å². The molecule has 0 aromatic heterocycles. The molecule has 16 heavy (non-hydrogen) atoms. The van der Waals surface area contributed by atoms with E-state index in [4.69, 9.17) is 4.74 Å². The highest BCUT2D eigenvalue weighted by Crippen LogP contribution is 2.28. The lowest BCUT2D eigenvalue weighted by Gasteiger charge is -2.11. The predicted octanol–water partition coefficient (Wildman–Crippen LogP) is 4.13. The zero-order valence-corrected chi connectivity index (χ0v) is 9.98. The lowest BCUT2D eigenvalue weighted by molar-refractivity contribution is -0.127. The van der Waals surface area contributed by atoms with Crippen molar-refractivity contribution >= 4 is 0 Å². The van der Waals surface area contributed by atoms with Crippen molar-refractivity contribution in [3.05, 3.63) is 29.3 Å². The van der Waals surface area contributed by atoms with E-state index < -0.39 is 12.6 Å². The quantitative estimate of drug-likeness (QED) is 0.747. The average Bonchev–Trinajstić information content (AvgIpc) is 2.19. The average molecular weight is 234 g/mol. The fourth-order valence-electron chi connectivity index (χ4n) is 1.26. The molecule has 0 saturated heterocycles. The molecule has 4 heteroatoms. The number of alkyl halides is 3. The third-order valence-corrected chi connectivity index (χ3v) is 1.83. The summed E-state index contributed by atoms with van der Waals surface area (Å²) < 4.78 is 41.2. The molecule has 0 bridgehead atoms. The Kier molecular flexibility index (Phi) is 5.93. The van der Waals surface area contributed by atoms with Gasteiger partial charge < -0.3 is 4.74 Å². The molecule has 0 unspecified atom stereocenters. The summed E-state index contributed by atoms with van der Waals surface area (Å²) in [6.45, 7) is 5.75. The van der Waals surface area contributed by atoms with Crippen molar-refractivity contribution in [2.24, 2.45) is 0 Å². The molecule has 0 aliphatic carbocycles. The summed E-state index contributed by atoms with van der Waals surface area (Å²) in [5, 5.41) is 0. The Labute approximate surface area is 94.2 Å². The second kappa shape index (κ2) is 6.40. The van der Waals surface area contributed by atoms with Crippen LogP contribution in [0.25, 0.3) is 0 Å². The molecule has 1 nitrogen and oxygen atoms in total. The van der Waals surface area contributed by atoms with Crippen LogP contribution in [-0.2, 0) is 6.42 Å². The van der Waals surface area contributed by atoms with Gasteiger partial charge in [-0.3, -0.25) is 0 Å². The van der Waals surface area contributed by atoms with Crippen molar-refractivity contribution in [3.63, 3.8) is 0 Å². The van der Waals surface area contributed by atoms with Crippen molar-refractivity contribution in [1.29, 1.82) is 0 Å². The van der Waals surface area contributed by atoms with Crippen molar-refractivity contribution < 1.29 is 17.9 Å². The molecule has 0 atom stereocenters. The second-order valence-corrected chi connectivity index (χ2v) is 3.11. The summed E-state index contributed by atoms with van der Waals surface area (Å²) in [6.07, 6.45) is -5.14. The zero-order valence-electron chi connectivity index (χ0n) is 9.98. The van der Waals surface area contributed by atoms with E-state index in [-0.39, 0.29) is 11.3 Å². The Morgan fingerprint density at radius 1 is 1.19 bits per heavy atom. The van der Waals surface area contributed by atoms with Crippen molar-refractivity contribution in [3.8, 4) is 5.75 Å². The molecule has 0 saturated carbocycles. The molecule has 0 fully saturated rings. The molecular formula is C12H17F3O. The zero-order chi connectivity index (χ0) is 12.8. The molecule has 0 spiro atoms. The molecule has 1 rings (SSSR count). The van der Waals surface area contributed by atoms with E-state index >= 15 is 0 Å². The van der Waals surface area contributed by atoms with E-state index in [1.807, 2.05) is 13.8 Å². The predicted molar refractivity (Wildman–Crippen MR) is 58.8 cm³/mol. The highest BCUT2D eigenvalue weighted by Gasteiger charge is 2.29. The summed E-state index contributed by atoms with van der Waals surface area (Å²) in [4.78, 5) is 0. The number of halogens is 3. The molecule has 0 radical (unpaired) electrons. The first kappa shape index (κ1) is 14.8. The van der Waals surface area contributed by atoms with Crippen LogP contribution < -0.4 is 4.74 Å². The van der Waals surface area contributed by atoms with Gasteiger partial charge in [0.05, 0.1) is 13.5 Å². The van der Waals surface area contributed by atoms with E-state index in [1.165, 1.54) is 13.2 Å². The van der Waals surface area contributed by atoms with Gasteiger partial charge in [-0.25, -0.2) is 0 Å². The molecule has 0 aliphatic rings. The smallest absolute Gasteiger partial charge is 0.393 e. The van der Waals surface area contributed by atoms with Crippen LogP contribution in [0.1, 0.15) is 25.0 Å². The second-order valence-electron chi connectivity index (χ2n) is 3.11. The Balaban J connectivity index is 0.00000106. The lowest BCUT2D eigenvalue weighted by Crippen LogP contribution is -2.12. The number of hydrogen-bond acceptors (Lipinski definition) is 1. The fraction of sp³-hybridized carbons (Fsp3) is 0.500. The van der Waals surface area contributed by atoms with Gasteiger partial charge in [-0.05, 0) is 13.0 Å². The molecule has 0 amide bonds. The van der Waals surface area contributed by atoms with Gasteiger partial charge in [0.15, 0.2) is 0 Å². The van der Waals surface area contributed by atoms with Crippen molar-refractivity contribution in [2.45, 2.75) is 33.4 Å². The summed E-state index contributed by atoms with van der Waals surface area (Å²) in [7, 11) is 1.37. The summed E-state index contributed by atoms with van der Waals surface area (Å²) in [5.74, 6) is 0.285. The number of hydrogen-bond donors (Lipinski definition) is 0. The minimum atomic E-state index is -4.19. The number of aryl methyl sites for hydroxylation is 1. The van der Waals surface area contributed by atoms with E-state index in [1.54, 1.807) is 19.1 Å². The SMILES string of the molecule is CC.COc1ccc(C)cc1CC(F)(F)F. The van der Waals surface area contributed by atoms with Crippen LogP contribution in [0.15, 0.2) is 18.2 Å². The normalized spacial score (nSPS) is 10.4. The summed E-state index contributed by atoms with van der Waals surface area (Å²) in [6, 6.07) is 4.77. The van der Waals surface area contributed by atoms with Gasteiger partial charge in [-0.2, -0.15) is 13.2 Å². The first-order chi connectivity index (χ1) is 7.42. The Bertz CT molecular complexity index is 319. The van der Waals surface area contributed by atoms with Gasteiger partial charge in [-0.1, -0.05) is 31.5 Å². The van der Waals surface area contributed by atoms with Crippen molar-refractivity contribution in [2.75, 3.05) is 7.11 Å². The number of methoxy groups -OCH3 is 1. The largest absolute Gasteiger partial charge is 0.496 e. The standard InChI is InChI=1S/C10H11F3O.C2H6/c1-7-3-4-9(14-2)8(5-7)6-10(11,12)13;1-2/h3-5H,6H2,1-2H3;1-2H3. The molecular weight excluding hydrogens is 217 g/mol. The van der Waals surface area contributed by atoms with E-state index in [9.17, 15) is 13.2 Å². The Morgan fingerprint density at radius 3 is 2.19 bits per heavy atom. The molecule has 0 aliphatic heterocycles. The van der Waals surface area contributed by atoms with E-state index in [0.29, 0.717) is 0 Å². The summed E-state index contributed by atoms with van der Waals surface area (Å²) in [5.41, 5.74) is 0.977. The Morgan fingerprint density at radius 2 is 1.75 bits per heavy atom. The third-order valence-electron chi connectivity index (χ3n) is 1.83. The molecule has 1 aromatic carbocycles. The van der Waals surface area contributed by atoms with Gasteiger partial charge in [0.2, 0.25) is 0 Å². The fourth-order valence-corrected chi connectivity index (χ4v) is 1.26. The van der Waals surface area contributed by atoms with Crippen LogP contribution in [0.3, 0.4) is 0 Å². The van der Waals surface area contributed by atoms with Crippen LogP contribution in [0.2, 0.25) is 0 Å². The highest BCUT2D eigenvalue weighted by molar-refractivity contribution is 5.37. The van der Waals surface area contributed by atoms with Crippen LogP contribution in [0.5, 0.6) is 5.75 Å². The van der Waals surface area contributed by atoms with Crippen LogP contribution in [0, 0.1) is 6.92 Å². The monoisotopic (exact) mass is 234 g/mol. The third kappa shape index (κ3) is 5.05. The summed E-state index contributed by atoms with van der Waals surface area (Å²) >= 11 is 0. The first-order valence-electron chi connectivity index (χ1n) is 5.12. The van der Waals surface area contributed by atoms with Gasteiger partial charge >= 0.3 is 6.18 Å². The van der Waals surface area contributed by atoms with Crippen LogP contribution in [0.4, 0.5) is 13.2 Å². The maximum Gasteiger partial charge on any atom is 0.393 e. The van der Waals surface area contributed by atoms with E-state index in [0.717, 1.165) is 5.56 Å². The number of rotatable bonds is 2. The van der Waals surface area contributed by atoms with Gasteiger partial charge in [0, 0.05) is 5.56 Å². The molecule has 92 valence electrons. The van der Waals surface area contributed by atoms with Gasteiger partial charge in [0.1, 0.15) is 5.75 Å². The molecule has 1 aromatic rings. The van der Waals surface area contributed by atoms with Crippen molar-refractivity contribution in [1.82, 2.24) is 0 Å². The minimum absolute atomic E-state index is 0.181. The molecule has 0 N–H and O–H groups in total. The lowest BCUT2D eigenvalue weighted by atomic mass is 10.1. The number of ether oxygens (including phenoxy) is 1. The van der Waals surface area contributed by atoms with Gasteiger partial charge in [0.25, 0.3) is 0 Å². The highest BCUT2D eigenvalue weighted by atomic mass is 19.4. The Hall–Kier alpha value is -1.19. The van der Waals surface area contributed by atoms with Crippen LogP contribution >= 0.6 is 0 Å². The maximum atomic E-state index is 12.1. The van der Waals surface area contributed by atoms with Gasteiger partial charge in [-0.15, -0.1) is 0 Å². The first-order valence-corrected chi connectivity index (χ1v) is 5.12. The maximum absolute atomic E-state index is 12.1. The molecule has 0 heterocycles. The van der Waals surface area contributed by atoms with E-state index in [2.05, 4.69) is 0 Å². The van der Waals surface area contributed by atoms with Crippen LogP contribution in [-0.4, -0.2) is 13.3 Å². The number of benzene rings is 1. The minimum Gasteiger partial charge on any atom is -0.496 e.